The summed E-state index contributed by atoms with van der Waals surface area (Å²) in [6.07, 6.45) is 7.48. The van der Waals surface area contributed by atoms with Crippen LogP contribution in [0.2, 0.25) is 0 Å². The number of carbonyl (C=O) groups excluding carboxylic acids is 1. The summed E-state index contributed by atoms with van der Waals surface area (Å²) in [5.41, 5.74) is 1.43. The number of hydrogen-bond donors (Lipinski definition) is 2. The normalized spacial score (nSPS) is 16.7. The lowest BCUT2D eigenvalue weighted by atomic mass is 10.1. The molecule has 1 atom stereocenters. The van der Waals surface area contributed by atoms with E-state index in [1.807, 2.05) is 7.05 Å². The lowest BCUT2D eigenvalue weighted by Gasteiger charge is -2.17. The maximum Gasteiger partial charge on any atom is 0.275 e. The number of imidazole rings is 1. The summed E-state index contributed by atoms with van der Waals surface area (Å²) >= 11 is 0. The smallest absolute Gasteiger partial charge is 0.275 e. The number of nitrogens with one attached hydrogen (secondary N) is 2. The third-order valence-electron chi connectivity index (χ3n) is 4.86. The van der Waals surface area contributed by atoms with Crippen LogP contribution in [0.1, 0.15) is 22.6 Å². The number of hydrogen-bond acceptors (Lipinski definition) is 6. The Labute approximate surface area is 161 Å². The summed E-state index contributed by atoms with van der Waals surface area (Å²) in [5, 5.41) is 5.86. The van der Waals surface area contributed by atoms with Gasteiger partial charge in [-0.05, 0) is 32.9 Å². The highest BCUT2D eigenvalue weighted by Crippen LogP contribution is 2.21. The Morgan fingerprint density at radius 3 is 2.93 bits per heavy atom. The highest BCUT2D eigenvalue weighted by Gasteiger charge is 2.23. The van der Waals surface area contributed by atoms with Crippen molar-refractivity contribution in [3.05, 3.63) is 48.1 Å². The lowest BCUT2D eigenvalue weighted by Crippen LogP contribution is -2.25. The van der Waals surface area contributed by atoms with Crippen molar-refractivity contribution in [3.8, 4) is 0 Å². The molecule has 0 bridgehead atoms. The van der Waals surface area contributed by atoms with E-state index in [9.17, 15) is 9.18 Å². The first-order valence-electron chi connectivity index (χ1n) is 9.21. The molecule has 1 unspecified atom stereocenters. The van der Waals surface area contributed by atoms with Crippen LogP contribution in [0.3, 0.4) is 0 Å². The Kier molecular flexibility index (Phi) is 4.91. The van der Waals surface area contributed by atoms with E-state index >= 15 is 0 Å². The fourth-order valence-electron chi connectivity index (χ4n) is 3.54. The fraction of sp³-hybridized carbons (Fsp3) is 0.368. The number of fused-ring (bicyclic) bond motifs is 1. The first-order valence-corrected chi connectivity index (χ1v) is 9.21. The topological polar surface area (TPSA) is 87.5 Å². The average molecular weight is 383 g/mol. The third kappa shape index (κ3) is 3.65. The van der Waals surface area contributed by atoms with E-state index < -0.39 is 11.7 Å². The molecule has 8 nitrogen and oxygen atoms in total. The van der Waals surface area contributed by atoms with Crippen LogP contribution in [0.25, 0.3) is 5.65 Å². The third-order valence-corrected chi connectivity index (χ3v) is 4.86. The molecule has 9 heteroatoms. The Morgan fingerprint density at radius 2 is 2.18 bits per heavy atom. The van der Waals surface area contributed by atoms with Crippen LogP contribution in [-0.4, -0.2) is 51.9 Å². The van der Waals surface area contributed by atoms with Crippen molar-refractivity contribution in [2.45, 2.75) is 13.3 Å². The van der Waals surface area contributed by atoms with E-state index in [1.165, 1.54) is 12.3 Å². The second-order valence-electron chi connectivity index (χ2n) is 7.06. The molecule has 146 valence electrons. The van der Waals surface area contributed by atoms with Gasteiger partial charge in [-0.1, -0.05) is 0 Å². The Hall–Kier alpha value is -3.07. The van der Waals surface area contributed by atoms with Gasteiger partial charge in [0.2, 0.25) is 0 Å². The molecule has 4 rings (SSSR count). The van der Waals surface area contributed by atoms with E-state index in [2.05, 4.69) is 30.5 Å². The largest absolute Gasteiger partial charge is 0.355 e. The summed E-state index contributed by atoms with van der Waals surface area (Å²) in [6.45, 7) is 4.60. The van der Waals surface area contributed by atoms with Crippen LogP contribution >= 0.6 is 0 Å². The Morgan fingerprint density at radius 1 is 1.32 bits per heavy atom. The first-order chi connectivity index (χ1) is 13.5. The van der Waals surface area contributed by atoms with Crippen molar-refractivity contribution in [2.24, 2.45) is 5.92 Å². The first kappa shape index (κ1) is 18.3. The van der Waals surface area contributed by atoms with Crippen LogP contribution in [-0.2, 0) is 0 Å². The molecule has 4 heterocycles. The molecule has 3 aromatic rings. The molecule has 1 fully saturated rings. The van der Waals surface area contributed by atoms with Crippen LogP contribution in [0, 0.1) is 18.7 Å². The SMILES string of the molecule is CNCC1CCN(c2cnc(C(=O)Nc3cc(F)c4nc(C)cn4c3)cn2)C1. The summed E-state index contributed by atoms with van der Waals surface area (Å²) in [7, 11) is 1.95. The molecular weight excluding hydrogens is 361 g/mol. The monoisotopic (exact) mass is 383 g/mol. The predicted molar refractivity (Wildman–Crippen MR) is 104 cm³/mol. The average Bonchev–Trinajstić information content (AvgIpc) is 3.28. The van der Waals surface area contributed by atoms with E-state index in [-0.39, 0.29) is 11.3 Å². The molecule has 1 amide bonds. The van der Waals surface area contributed by atoms with Gasteiger partial charge in [0, 0.05) is 31.5 Å². The summed E-state index contributed by atoms with van der Waals surface area (Å²) in [4.78, 5) is 27.3. The van der Waals surface area contributed by atoms with Gasteiger partial charge in [-0.3, -0.25) is 4.79 Å². The van der Waals surface area contributed by atoms with Crippen molar-refractivity contribution < 1.29 is 9.18 Å². The van der Waals surface area contributed by atoms with Crippen LogP contribution in [0.15, 0.2) is 30.9 Å². The van der Waals surface area contributed by atoms with Gasteiger partial charge >= 0.3 is 0 Å². The number of halogens is 1. The minimum atomic E-state index is -0.502. The Bertz CT molecular complexity index is 1000. The van der Waals surface area contributed by atoms with Gasteiger partial charge in [-0.25, -0.2) is 19.3 Å². The molecule has 2 N–H and O–H groups in total. The number of anilines is 2. The van der Waals surface area contributed by atoms with Gasteiger partial charge in [0.1, 0.15) is 11.5 Å². The van der Waals surface area contributed by atoms with Gasteiger partial charge in [0.05, 0.1) is 23.8 Å². The molecule has 0 aromatic carbocycles. The van der Waals surface area contributed by atoms with Gasteiger partial charge in [0.25, 0.3) is 5.91 Å². The molecule has 1 aliphatic rings. The Balaban J connectivity index is 1.45. The molecule has 0 saturated carbocycles. The molecule has 28 heavy (non-hydrogen) atoms. The van der Waals surface area contributed by atoms with Crippen molar-refractivity contribution in [3.63, 3.8) is 0 Å². The second kappa shape index (κ2) is 7.51. The minimum Gasteiger partial charge on any atom is -0.355 e. The lowest BCUT2D eigenvalue weighted by molar-refractivity contribution is 0.102. The van der Waals surface area contributed by atoms with Crippen LogP contribution in [0.4, 0.5) is 15.9 Å². The van der Waals surface area contributed by atoms with Gasteiger partial charge < -0.3 is 19.9 Å². The molecule has 0 radical (unpaired) electrons. The maximum absolute atomic E-state index is 14.2. The van der Waals surface area contributed by atoms with E-state index in [1.54, 1.807) is 29.9 Å². The van der Waals surface area contributed by atoms with Crippen molar-refractivity contribution in [2.75, 3.05) is 36.9 Å². The quantitative estimate of drug-likeness (QED) is 0.699. The summed E-state index contributed by atoms with van der Waals surface area (Å²) < 4.78 is 15.7. The zero-order chi connectivity index (χ0) is 19.7. The van der Waals surface area contributed by atoms with Gasteiger partial charge in [-0.2, -0.15) is 0 Å². The fourth-order valence-corrected chi connectivity index (χ4v) is 3.54. The maximum atomic E-state index is 14.2. The predicted octanol–water partition coefficient (Wildman–Crippen LogP) is 1.87. The molecule has 1 aliphatic heterocycles. The number of amides is 1. The number of aryl methyl sites for hydroxylation is 1. The van der Waals surface area contributed by atoms with Crippen molar-refractivity contribution in [1.29, 1.82) is 0 Å². The standard InChI is InChI=1S/C19H22FN7O/c1-12-9-27-11-14(5-15(20)18(27)24-12)25-19(28)16-7-23-17(8-22-16)26-4-3-13(10-26)6-21-2/h5,7-9,11,13,21H,3-4,6,10H2,1-2H3,(H,25,28). The number of aromatic nitrogens is 4. The molecule has 3 aromatic heterocycles. The number of rotatable bonds is 5. The number of carbonyl (C=O) groups is 1. The highest BCUT2D eigenvalue weighted by atomic mass is 19.1. The summed E-state index contributed by atoms with van der Waals surface area (Å²) in [5.74, 6) is 0.407. The molecule has 0 aliphatic carbocycles. The minimum absolute atomic E-state index is 0.178. The van der Waals surface area contributed by atoms with Crippen LogP contribution < -0.4 is 15.5 Å². The van der Waals surface area contributed by atoms with Gasteiger partial charge in [0.15, 0.2) is 11.5 Å². The van der Waals surface area contributed by atoms with Crippen LogP contribution in [0.5, 0.6) is 0 Å². The second-order valence-corrected chi connectivity index (χ2v) is 7.06. The zero-order valence-corrected chi connectivity index (χ0v) is 15.8. The van der Waals surface area contributed by atoms with E-state index in [0.717, 1.165) is 31.9 Å². The van der Waals surface area contributed by atoms with E-state index in [0.29, 0.717) is 17.3 Å². The molecule has 1 saturated heterocycles. The highest BCUT2D eigenvalue weighted by molar-refractivity contribution is 6.02. The molecule has 0 spiro atoms. The van der Waals surface area contributed by atoms with Crippen molar-refractivity contribution >= 4 is 23.1 Å². The van der Waals surface area contributed by atoms with Gasteiger partial charge in [-0.15, -0.1) is 0 Å². The molecular formula is C19H22FN7O. The van der Waals surface area contributed by atoms with E-state index in [4.69, 9.17) is 0 Å². The van der Waals surface area contributed by atoms with Crippen molar-refractivity contribution in [1.82, 2.24) is 24.7 Å². The zero-order valence-electron chi connectivity index (χ0n) is 15.8. The number of nitrogens with zero attached hydrogens (tertiary/aromatic N) is 5. The number of pyridine rings is 1. The summed E-state index contributed by atoms with van der Waals surface area (Å²) in [6, 6.07) is 1.24.